The van der Waals surface area contributed by atoms with Gasteiger partial charge in [0.1, 0.15) is 5.75 Å². The summed E-state index contributed by atoms with van der Waals surface area (Å²) in [6.07, 6.45) is 2.81. The Labute approximate surface area is 211 Å². The van der Waals surface area contributed by atoms with Crippen molar-refractivity contribution in [1.29, 1.82) is 0 Å². The molecule has 2 heterocycles. The molecule has 0 bridgehead atoms. The number of hydrogen-bond donors (Lipinski definition) is 0. The van der Waals surface area contributed by atoms with Crippen molar-refractivity contribution < 1.29 is 19.1 Å². The Kier molecular flexibility index (Phi) is 7.02. The lowest BCUT2D eigenvalue weighted by Crippen LogP contribution is -2.51. The first kappa shape index (κ1) is 24.0. The molecule has 0 N–H and O–H groups in total. The summed E-state index contributed by atoms with van der Waals surface area (Å²) in [7, 11) is 1.62. The minimum absolute atomic E-state index is 0.0469. The lowest BCUT2D eigenvalue weighted by atomic mass is 9.98. The van der Waals surface area contributed by atoms with E-state index in [-0.39, 0.29) is 42.5 Å². The van der Waals surface area contributed by atoms with E-state index in [1.165, 1.54) is 0 Å². The van der Waals surface area contributed by atoms with E-state index >= 15 is 0 Å². The molecule has 188 valence electrons. The summed E-state index contributed by atoms with van der Waals surface area (Å²) in [6, 6.07) is 17.3. The molecule has 0 unspecified atom stereocenters. The molecule has 0 spiro atoms. The zero-order valence-electron chi connectivity index (χ0n) is 20.6. The van der Waals surface area contributed by atoms with E-state index in [9.17, 15) is 14.4 Å². The number of carbonyl (C=O) groups is 3. The zero-order chi connectivity index (χ0) is 25.1. The molecule has 8 nitrogen and oxygen atoms in total. The molecule has 0 aromatic heterocycles. The van der Waals surface area contributed by atoms with Crippen LogP contribution in [0.3, 0.4) is 0 Å². The van der Waals surface area contributed by atoms with Crippen LogP contribution in [0.5, 0.6) is 5.75 Å². The number of rotatable bonds is 7. The van der Waals surface area contributed by atoms with Crippen LogP contribution in [0.1, 0.15) is 49.3 Å². The Morgan fingerprint density at radius 3 is 2.14 bits per heavy atom. The number of methoxy groups -OCH3 is 1. The van der Waals surface area contributed by atoms with Gasteiger partial charge < -0.3 is 14.5 Å². The van der Waals surface area contributed by atoms with Crippen molar-refractivity contribution in [3.05, 3.63) is 65.7 Å². The largest absolute Gasteiger partial charge is 0.497 e. The molecule has 1 saturated heterocycles. The summed E-state index contributed by atoms with van der Waals surface area (Å²) in [4.78, 5) is 42.1. The molecule has 1 atom stereocenters. The number of benzene rings is 2. The van der Waals surface area contributed by atoms with Crippen LogP contribution in [0, 0.1) is 5.92 Å². The van der Waals surface area contributed by atoms with E-state index in [1.807, 2.05) is 59.5 Å². The maximum Gasteiger partial charge on any atom is 0.243 e. The minimum Gasteiger partial charge on any atom is -0.497 e. The van der Waals surface area contributed by atoms with Crippen LogP contribution in [0.4, 0.5) is 0 Å². The zero-order valence-corrected chi connectivity index (χ0v) is 20.6. The summed E-state index contributed by atoms with van der Waals surface area (Å²) >= 11 is 0. The fourth-order valence-electron chi connectivity index (χ4n) is 4.88. The third-order valence-corrected chi connectivity index (χ3v) is 7.20. The van der Waals surface area contributed by atoms with Crippen molar-refractivity contribution >= 4 is 23.4 Å². The van der Waals surface area contributed by atoms with E-state index < -0.39 is 0 Å². The van der Waals surface area contributed by atoms with Gasteiger partial charge in [-0.2, -0.15) is 5.10 Å². The smallest absolute Gasteiger partial charge is 0.243 e. The molecule has 0 radical (unpaired) electrons. The molecule has 2 aromatic carbocycles. The Morgan fingerprint density at radius 1 is 0.861 bits per heavy atom. The molecule has 3 aliphatic rings. The SMILES string of the molecule is COc1ccc([C@@H]2CC(c3ccccc3)=NN2C(=O)CCC(=O)N2CCN(C(=O)C3CC3)CC2)cc1. The number of nitrogens with zero attached hydrogens (tertiary/aromatic N) is 4. The second-order valence-electron chi connectivity index (χ2n) is 9.62. The lowest BCUT2D eigenvalue weighted by Gasteiger charge is -2.35. The Morgan fingerprint density at radius 2 is 1.50 bits per heavy atom. The molecule has 2 fully saturated rings. The molecule has 1 saturated carbocycles. The predicted molar refractivity (Wildman–Crippen MR) is 135 cm³/mol. The Hall–Kier alpha value is -3.68. The van der Waals surface area contributed by atoms with Crippen LogP contribution >= 0.6 is 0 Å². The number of ether oxygens (including phenoxy) is 1. The van der Waals surface area contributed by atoms with Crippen molar-refractivity contribution in [1.82, 2.24) is 14.8 Å². The number of carbonyl (C=O) groups excluding carboxylic acids is 3. The summed E-state index contributed by atoms with van der Waals surface area (Å²) in [5, 5.41) is 6.25. The van der Waals surface area contributed by atoms with Gasteiger partial charge in [0.15, 0.2) is 0 Å². The van der Waals surface area contributed by atoms with Crippen LogP contribution in [-0.2, 0) is 14.4 Å². The molecule has 2 aliphatic heterocycles. The first-order valence-electron chi connectivity index (χ1n) is 12.7. The van der Waals surface area contributed by atoms with Crippen LogP contribution in [-0.4, -0.2) is 71.5 Å². The third-order valence-electron chi connectivity index (χ3n) is 7.20. The van der Waals surface area contributed by atoms with Gasteiger partial charge in [0.25, 0.3) is 0 Å². The van der Waals surface area contributed by atoms with Gasteiger partial charge in [0.05, 0.1) is 18.9 Å². The number of piperazine rings is 1. The van der Waals surface area contributed by atoms with Crippen LogP contribution in [0.25, 0.3) is 0 Å². The molecule has 5 rings (SSSR count). The van der Waals surface area contributed by atoms with Gasteiger partial charge in [-0.3, -0.25) is 14.4 Å². The first-order chi connectivity index (χ1) is 17.5. The van der Waals surface area contributed by atoms with Gasteiger partial charge >= 0.3 is 0 Å². The van der Waals surface area contributed by atoms with Crippen molar-refractivity contribution in [2.45, 2.75) is 38.1 Å². The maximum absolute atomic E-state index is 13.3. The second kappa shape index (κ2) is 10.5. The fourth-order valence-corrected chi connectivity index (χ4v) is 4.88. The summed E-state index contributed by atoms with van der Waals surface area (Å²) in [5.41, 5.74) is 2.81. The third kappa shape index (κ3) is 5.27. The highest BCUT2D eigenvalue weighted by atomic mass is 16.5. The van der Waals surface area contributed by atoms with Crippen LogP contribution < -0.4 is 4.74 Å². The van der Waals surface area contributed by atoms with Gasteiger partial charge in [0.2, 0.25) is 17.7 Å². The molecular formula is C28H32N4O4. The molecule has 36 heavy (non-hydrogen) atoms. The monoisotopic (exact) mass is 488 g/mol. The van der Waals surface area contributed by atoms with Gasteiger partial charge in [-0.1, -0.05) is 42.5 Å². The average molecular weight is 489 g/mol. The van der Waals surface area contributed by atoms with E-state index in [2.05, 4.69) is 0 Å². The van der Waals surface area contributed by atoms with Crippen LogP contribution in [0.15, 0.2) is 59.7 Å². The lowest BCUT2D eigenvalue weighted by molar-refractivity contribution is -0.142. The van der Waals surface area contributed by atoms with Gasteiger partial charge in [-0.15, -0.1) is 0 Å². The van der Waals surface area contributed by atoms with Gasteiger partial charge in [-0.25, -0.2) is 5.01 Å². The van der Waals surface area contributed by atoms with Crippen molar-refractivity contribution in [3.8, 4) is 5.75 Å². The number of hydrazone groups is 1. The first-order valence-corrected chi connectivity index (χ1v) is 12.7. The topological polar surface area (TPSA) is 82.5 Å². The average Bonchev–Trinajstić information content (AvgIpc) is 3.69. The molecule has 3 amide bonds. The van der Waals surface area contributed by atoms with E-state index in [0.29, 0.717) is 32.6 Å². The van der Waals surface area contributed by atoms with Crippen molar-refractivity contribution in [3.63, 3.8) is 0 Å². The van der Waals surface area contributed by atoms with Gasteiger partial charge in [0, 0.05) is 51.4 Å². The quantitative estimate of drug-likeness (QED) is 0.599. The second-order valence-corrected chi connectivity index (χ2v) is 9.62. The standard InChI is InChI=1S/C28H32N4O4/c1-36-23-11-9-21(10-12-23)25-19-24(20-5-3-2-4-6-20)29-32(25)27(34)14-13-26(33)30-15-17-31(18-16-30)28(35)22-7-8-22/h2-6,9-12,22,25H,7-8,13-19H2,1H3/t25-/m0/s1. The maximum atomic E-state index is 13.3. The Bertz CT molecular complexity index is 1140. The van der Waals surface area contributed by atoms with Gasteiger partial charge in [-0.05, 0) is 36.1 Å². The fraction of sp³-hybridized carbons (Fsp3) is 0.429. The highest BCUT2D eigenvalue weighted by Gasteiger charge is 2.36. The summed E-state index contributed by atoms with van der Waals surface area (Å²) in [5.74, 6) is 0.962. The van der Waals surface area contributed by atoms with Crippen LogP contribution in [0.2, 0.25) is 0 Å². The normalized spacial score (nSPS) is 19.8. The van der Waals surface area contributed by atoms with E-state index in [0.717, 1.165) is 35.4 Å². The van der Waals surface area contributed by atoms with Crippen molar-refractivity contribution in [2.24, 2.45) is 11.0 Å². The summed E-state index contributed by atoms with van der Waals surface area (Å²) in [6.45, 7) is 2.21. The number of hydrogen-bond acceptors (Lipinski definition) is 5. The van der Waals surface area contributed by atoms with E-state index in [1.54, 1.807) is 17.0 Å². The minimum atomic E-state index is -0.231. The Balaban J connectivity index is 1.22. The highest BCUT2D eigenvalue weighted by molar-refractivity contribution is 6.03. The highest BCUT2D eigenvalue weighted by Crippen LogP contribution is 2.34. The predicted octanol–water partition coefficient (Wildman–Crippen LogP) is 3.23. The molecule has 2 aromatic rings. The number of amides is 3. The molecular weight excluding hydrogens is 456 g/mol. The van der Waals surface area contributed by atoms with E-state index in [4.69, 9.17) is 9.84 Å². The summed E-state index contributed by atoms with van der Waals surface area (Å²) < 4.78 is 5.28. The molecule has 1 aliphatic carbocycles. The van der Waals surface area contributed by atoms with Crippen molar-refractivity contribution in [2.75, 3.05) is 33.3 Å². The molecule has 8 heteroatoms.